The fourth-order valence-corrected chi connectivity index (χ4v) is 8.91. The largest absolute Gasteiger partial charge is 0.471 e. The lowest BCUT2D eigenvalue weighted by Crippen LogP contribution is -2.46. The van der Waals surface area contributed by atoms with E-state index in [1.807, 2.05) is 104 Å². The van der Waals surface area contributed by atoms with E-state index in [9.17, 15) is 67.1 Å². The van der Waals surface area contributed by atoms with E-state index >= 15 is 0 Å². The second-order valence-corrected chi connectivity index (χ2v) is 17.8. The zero-order valence-corrected chi connectivity index (χ0v) is 40.3. The van der Waals surface area contributed by atoms with Gasteiger partial charge in [0.25, 0.3) is 0 Å². The number of carbonyl (C=O) groups is 3. The first kappa shape index (κ1) is 53.8. The summed E-state index contributed by atoms with van der Waals surface area (Å²) in [6.07, 6.45) is -23.1. The number of nitrogens with zero attached hydrogens (tertiary/aromatic N) is 6. The number of alkyl halides is 12. The summed E-state index contributed by atoms with van der Waals surface area (Å²) in [4.78, 5) is 41.8. The second-order valence-electron chi connectivity index (χ2n) is 17.8. The molecular weight excluding hydrogens is 1020 g/mol. The molecule has 8 rings (SSSR count). The van der Waals surface area contributed by atoms with Gasteiger partial charge in [0.1, 0.15) is 18.0 Å². The van der Waals surface area contributed by atoms with Crippen molar-refractivity contribution in [2.75, 3.05) is 9.80 Å². The Morgan fingerprint density at radius 2 is 0.645 bits per heavy atom. The third kappa shape index (κ3) is 10.7. The van der Waals surface area contributed by atoms with Gasteiger partial charge in [-0.1, -0.05) is 78.4 Å². The number of amides is 3. The molecule has 2 aliphatic rings. The highest BCUT2D eigenvalue weighted by molar-refractivity contribution is 5.88. The third-order valence-corrected chi connectivity index (χ3v) is 12.6. The van der Waals surface area contributed by atoms with Crippen molar-refractivity contribution in [1.82, 2.24) is 19.6 Å². The van der Waals surface area contributed by atoms with Crippen LogP contribution in [0, 0.1) is 27.7 Å². The molecule has 0 saturated heterocycles. The van der Waals surface area contributed by atoms with Gasteiger partial charge in [-0.3, -0.25) is 29.1 Å². The predicted molar refractivity (Wildman–Crippen MR) is 260 cm³/mol. The maximum absolute atomic E-state index is 13.9. The molecule has 0 aliphatic carbocycles. The molecule has 9 nitrogen and oxygen atoms in total. The average Bonchev–Trinajstić information content (AvgIpc) is 3.99. The maximum atomic E-state index is 13.9. The van der Waals surface area contributed by atoms with E-state index in [0.29, 0.717) is 57.6 Å². The zero-order chi connectivity index (χ0) is 55.4. The number of rotatable bonds is 10. The van der Waals surface area contributed by atoms with E-state index in [2.05, 4.69) is 6.58 Å². The van der Waals surface area contributed by atoms with Gasteiger partial charge in [0.15, 0.2) is 0 Å². The Balaban J connectivity index is 1.12. The minimum Gasteiger partial charge on any atom is -0.317 e. The smallest absolute Gasteiger partial charge is 0.317 e. The number of carbonyl (C=O) groups excluding carboxylic acids is 3. The van der Waals surface area contributed by atoms with E-state index in [1.165, 1.54) is 44.2 Å². The molecule has 6 aromatic carbocycles. The zero-order valence-electron chi connectivity index (χ0n) is 40.3. The summed E-state index contributed by atoms with van der Waals surface area (Å²) in [5.41, 5.74) is 5.38. The molecule has 3 amide bonds. The quantitative estimate of drug-likeness (QED) is 0.127. The van der Waals surface area contributed by atoms with Crippen LogP contribution in [0.4, 0.5) is 86.8 Å². The van der Waals surface area contributed by atoms with E-state index < -0.39 is 60.5 Å². The molecule has 1 atom stereocenters. The molecule has 2 heterocycles. The lowest BCUT2D eigenvalue weighted by molar-refractivity contribution is -0.193. The highest BCUT2D eigenvalue weighted by Crippen LogP contribution is 2.46. The van der Waals surface area contributed by atoms with Crippen LogP contribution in [0.1, 0.15) is 45.7 Å². The van der Waals surface area contributed by atoms with Crippen molar-refractivity contribution in [3.05, 3.63) is 204 Å². The molecule has 0 bridgehead atoms. The summed E-state index contributed by atoms with van der Waals surface area (Å²) in [5, 5.41) is 0. The van der Waals surface area contributed by atoms with Crippen molar-refractivity contribution in [3.8, 4) is 11.1 Å². The molecule has 394 valence electrons. The first-order valence-corrected chi connectivity index (χ1v) is 22.8. The number of anilines is 6. The summed E-state index contributed by atoms with van der Waals surface area (Å²) in [6.45, 7) is 9.74. The normalized spacial score (nSPS) is 15.2. The van der Waals surface area contributed by atoms with Crippen molar-refractivity contribution < 1.29 is 67.1 Å². The average molecular weight is 1060 g/mol. The Morgan fingerprint density at radius 3 is 0.921 bits per heavy atom. The molecule has 0 spiro atoms. The van der Waals surface area contributed by atoms with Crippen LogP contribution >= 0.6 is 0 Å². The van der Waals surface area contributed by atoms with E-state index in [1.54, 1.807) is 23.1 Å². The van der Waals surface area contributed by atoms with Gasteiger partial charge >= 0.3 is 42.4 Å². The number of benzene rings is 6. The van der Waals surface area contributed by atoms with Crippen LogP contribution in [-0.4, -0.2) is 62.0 Å². The Labute approximate surface area is 427 Å². The van der Waals surface area contributed by atoms with Crippen LogP contribution in [-0.2, 0) is 14.4 Å². The van der Waals surface area contributed by atoms with Crippen LogP contribution in [0.15, 0.2) is 171 Å². The highest BCUT2D eigenvalue weighted by Gasteiger charge is 2.53. The molecule has 0 radical (unpaired) electrons. The third-order valence-electron chi connectivity index (χ3n) is 12.6. The molecule has 0 aromatic heterocycles. The van der Waals surface area contributed by atoms with Gasteiger partial charge in [-0.05, 0) is 134 Å². The lowest BCUT2D eigenvalue weighted by atomic mass is 10.0. The van der Waals surface area contributed by atoms with Crippen LogP contribution in [0.3, 0.4) is 0 Å². The molecular formula is C55H42F12N6O3. The minimum atomic E-state index is -5.48. The van der Waals surface area contributed by atoms with Gasteiger partial charge in [-0.2, -0.15) is 52.7 Å². The van der Waals surface area contributed by atoms with Crippen LogP contribution in [0.5, 0.6) is 0 Å². The van der Waals surface area contributed by atoms with Crippen molar-refractivity contribution in [2.45, 2.75) is 64.7 Å². The topological polar surface area (TPSA) is 70.7 Å². The van der Waals surface area contributed by atoms with Crippen molar-refractivity contribution in [3.63, 3.8) is 0 Å². The van der Waals surface area contributed by atoms with Gasteiger partial charge < -0.3 is 14.7 Å². The van der Waals surface area contributed by atoms with Crippen LogP contribution in [0.2, 0.25) is 0 Å². The van der Waals surface area contributed by atoms with Crippen molar-refractivity contribution >= 4 is 51.8 Å². The highest BCUT2D eigenvalue weighted by atomic mass is 19.4. The van der Waals surface area contributed by atoms with Crippen LogP contribution in [0.25, 0.3) is 11.1 Å². The molecule has 0 fully saturated rings. The molecule has 1 unspecified atom stereocenters. The monoisotopic (exact) mass is 1060 g/mol. The summed E-state index contributed by atoms with van der Waals surface area (Å²) >= 11 is 0. The molecule has 21 heteroatoms. The molecule has 76 heavy (non-hydrogen) atoms. The lowest BCUT2D eigenvalue weighted by Gasteiger charge is -2.35. The SMILES string of the molecule is C=C(N1C=CN(C(=O)C(F)(F)F)C1c1ccc(N(c2ccc(C)cc2)c2ccc(-c3ccc(N(c4ccc(C)cc4)c4ccc(C5N(C(=O)C(F)(F)F)C=CN5C(=O)C(F)(F)F)c(C)c4)cc3)cc2)cc1C)C(F)(F)F. The maximum Gasteiger partial charge on any atom is 0.471 e. The number of hydrogen-bond donors (Lipinski definition) is 0. The fraction of sp³-hybridized carbons (Fsp3) is 0.182. The first-order valence-electron chi connectivity index (χ1n) is 22.8. The van der Waals surface area contributed by atoms with Gasteiger partial charge in [-0.25, -0.2) is 0 Å². The summed E-state index contributed by atoms with van der Waals surface area (Å²) < 4.78 is 165. The first-order chi connectivity index (χ1) is 35.5. The molecule has 6 aromatic rings. The molecule has 0 saturated carbocycles. The Hall–Kier alpha value is -8.49. The molecule has 2 aliphatic heterocycles. The van der Waals surface area contributed by atoms with E-state index in [-0.39, 0.29) is 37.0 Å². The fourth-order valence-electron chi connectivity index (χ4n) is 8.91. The number of hydrogen-bond acceptors (Lipinski definition) is 6. The van der Waals surface area contributed by atoms with E-state index in [0.717, 1.165) is 28.5 Å². The molecule has 0 N–H and O–H groups in total. The summed E-state index contributed by atoms with van der Waals surface area (Å²) in [7, 11) is 0. The van der Waals surface area contributed by atoms with Crippen LogP contribution < -0.4 is 9.80 Å². The van der Waals surface area contributed by atoms with Crippen molar-refractivity contribution in [1.29, 1.82) is 0 Å². The van der Waals surface area contributed by atoms with Crippen molar-refractivity contribution in [2.24, 2.45) is 0 Å². The number of halogens is 12. The van der Waals surface area contributed by atoms with Gasteiger partial charge in [0.05, 0.1) is 0 Å². The number of allylic oxidation sites excluding steroid dienone is 1. The van der Waals surface area contributed by atoms with Gasteiger partial charge in [0, 0.05) is 58.9 Å². The van der Waals surface area contributed by atoms with E-state index in [4.69, 9.17) is 0 Å². The summed E-state index contributed by atoms with van der Waals surface area (Å²) in [5.74, 6) is -7.33. The summed E-state index contributed by atoms with van der Waals surface area (Å²) in [6, 6.07) is 37.8. The Morgan fingerprint density at radius 1 is 0.382 bits per heavy atom. The van der Waals surface area contributed by atoms with Gasteiger partial charge in [-0.15, -0.1) is 0 Å². The Kier molecular flexibility index (Phi) is 14.1. The number of aryl methyl sites for hydroxylation is 4. The Bertz CT molecular complexity index is 2970. The second kappa shape index (κ2) is 20.0. The standard InChI is InChI=1S/C55H42F12N6O3/c1-32-6-14-39(15-7-32)72(43-22-24-45(34(3)30-43)47-68(36(5)52(56,57)58)26-27-69(47)49(74)53(59,60)61)41-18-10-37(11-19-41)38-12-20-42(21-13-38)73(40-16-8-33(2)9-17-40)44-23-25-46(35(4)31-44)48-70(50(75)54(62,63)64)28-29-71(48)51(76)55(65,66)67/h6-31,47-48H,5H2,1-4H3. The minimum absolute atomic E-state index is 0.0307. The van der Waals surface area contributed by atoms with Gasteiger partial charge in [0.2, 0.25) is 0 Å². The predicted octanol–water partition coefficient (Wildman–Crippen LogP) is 15.0.